The van der Waals surface area contributed by atoms with Crippen molar-refractivity contribution < 1.29 is 19.7 Å². The largest absolute Gasteiger partial charge is 0.508 e. The highest BCUT2D eigenvalue weighted by Crippen LogP contribution is 2.43. The van der Waals surface area contributed by atoms with Gasteiger partial charge >= 0.3 is 6.03 Å². The number of hydrazine groups is 1. The van der Waals surface area contributed by atoms with E-state index in [4.69, 9.17) is 10.6 Å². The highest BCUT2D eigenvalue weighted by molar-refractivity contribution is 6.03. The Morgan fingerprint density at radius 3 is 2.57 bits per heavy atom. The number of allylic oxidation sites excluding steroid dienone is 1. The molecule has 1 atom stereocenters. The molecule has 2 amide bonds. The molecular weight excluding hydrogens is 384 g/mol. The van der Waals surface area contributed by atoms with Crippen molar-refractivity contribution in [3.05, 3.63) is 65.7 Å². The van der Waals surface area contributed by atoms with Crippen molar-refractivity contribution in [2.24, 2.45) is 10.9 Å². The number of benzene rings is 2. The van der Waals surface area contributed by atoms with Crippen molar-refractivity contribution in [3.63, 3.8) is 0 Å². The maximum Gasteiger partial charge on any atom is 0.352 e. The summed E-state index contributed by atoms with van der Waals surface area (Å²) in [6.07, 6.45) is 2.14. The summed E-state index contributed by atoms with van der Waals surface area (Å²) < 4.78 is 5.50. The minimum Gasteiger partial charge on any atom is -0.508 e. The molecule has 1 aliphatic rings. The van der Waals surface area contributed by atoms with Gasteiger partial charge < -0.3 is 14.9 Å². The van der Waals surface area contributed by atoms with Crippen LogP contribution in [-0.4, -0.2) is 34.1 Å². The van der Waals surface area contributed by atoms with Gasteiger partial charge in [0.05, 0.1) is 18.9 Å². The Hall–Kier alpha value is -3.52. The van der Waals surface area contributed by atoms with Crippen LogP contribution in [0.4, 0.5) is 4.79 Å². The Morgan fingerprint density at radius 1 is 1.33 bits per heavy atom. The van der Waals surface area contributed by atoms with Gasteiger partial charge in [-0.15, -0.1) is 6.58 Å². The zero-order chi connectivity index (χ0) is 22.1. The number of phenolic OH excluding ortho intramolecular Hbond substituents is 2. The monoisotopic (exact) mass is 410 g/mol. The van der Waals surface area contributed by atoms with Crippen molar-refractivity contribution in [2.75, 3.05) is 7.11 Å². The lowest BCUT2D eigenvalue weighted by atomic mass is 9.82. The number of amides is 2. The maximum absolute atomic E-state index is 12.5. The van der Waals surface area contributed by atoms with Crippen LogP contribution in [0.2, 0.25) is 0 Å². The molecule has 2 aromatic rings. The smallest absolute Gasteiger partial charge is 0.352 e. The highest BCUT2D eigenvalue weighted by atomic mass is 16.5. The van der Waals surface area contributed by atoms with Crippen LogP contribution >= 0.6 is 0 Å². The zero-order valence-electron chi connectivity index (χ0n) is 17.2. The Balaban J connectivity index is 2.11. The summed E-state index contributed by atoms with van der Waals surface area (Å²) in [7, 11) is 1.50. The minimum atomic E-state index is -0.576. The first-order valence-corrected chi connectivity index (χ1v) is 9.43. The molecule has 1 aliphatic heterocycles. The van der Waals surface area contributed by atoms with Gasteiger partial charge in [-0.3, -0.25) is 5.43 Å². The normalized spacial score (nSPS) is 16.2. The predicted octanol–water partition coefficient (Wildman–Crippen LogP) is 3.30. The van der Waals surface area contributed by atoms with E-state index in [9.17, 15) is 15.0 Å². The number of hydrogen-bond acceptors (Lipinski definition) is 6. The molecule has 0 radical (unpaired) electrons. The fourth-order valence-electron chi connectivity index (χ4n) is 3.48. The van der Waals surface area contributed by atoms with Crippen LogP contribution in [0.3, 0.4) is 0 Å². The number of carbonyl (C=O) groups is 1. The van der Waals surface area contributed by atoms with Crippen LogP contribution in [0.15, 0.2) is 54.2 Å². The van der Waals surface area contributed by atoms with Gasteiger partial charge in [-0.2, -0.15) is 5.10 Å². The Bertz CT molecular complexity index is 999. The number of methoxy groups -OCH3 is 1. The number of nitrogens with one attached hydrogen (secondary N) is 1. The van der Waals surface area contributed by atoms with Gasteiger partial charge in [-0.1, -0.05) is 19.9 Å². The number of ether oxygens (including phenoxy) is 1. The SMILES string of the molecule is C=CC(C)(C)c1cc(C2CC(c3ccc(O)cc3)=NN2C(=O)NN)c(OC)cc1O. The van der Waals surface area contributed by atoms with Crippen molar-refractivity contribution in [1.82, 2.24) is 10.4 Å². The van der Waals surface area contributed by atoms with E-state index in [1.54, 1.807) is 30.3 Å². The summed E-state index contributed by atoms with van der Waals surface area (Å²) in [4.78, 5) is 12.5. The van der Waals surface area contributed by atoms with E-state index in [1.165, 1.54) is 18.2 Å². The molecule has 3 rings (SSSR count). The van der Waals surface area contributed by atoms with Gasteiger partial charge in [-0.05, 0) is 35.9 Å². The van der Waals surface area contributed by atoms with Gasteiger partial charge in [0.1, 0.15) is 17.2 Å². The molecule has 0 bridgehead atoms. The van der Waals surface area contributed by atoms with Gasteiger partial charge in [0.25, 0.3) is 0 Å². The third kappa shape index (κ3) is 3.81. The average molecular weight is 410 g/mol. The number of phenols is 2. The van der Waals surface area contributed by atoms with Gasteiger partial charge in [0, 0.05) is 29.0 Å². The molecule has 0 aromatic heterocycles. The molecule has 158 valence electrons. The summed E-state index contributed by atoms with van der Waals surface area (Å²) in [5.41, 5.74) is 4.38. The number of hydrazone groups is 1. The van der Waals surface area contributed by atoms with E-state index in [-0.39, 0.29) is 11.5 Å². The standard InChI is InChI=1S/C22H26N4O4/c1-5-22(2,3)16-10-15(20(30-4)12-19(16)28)18-11-17(25-26(18)21(29)24-23)13-6-8-14(27)9-7-13/h5-10,12,18,27-28H,1,11,23H2,2-4H3,(H,24,29). The molecule has 0 aliphatic carbocycles. The van der Waals surface area contributed by atoms with E-state index in [0.29, 0.717) is 29.0 Å². The van der Waals surface area contributed by atoms with Crippen LogP contribution in [0.25, 0.3) is 0 Å². The summed E-state index contributed by atoms with van der Waals surface area (Å²) >= 11 is 0. The fraction of sp³-hybridized carbons (Fsp3) is 0.273. The second-order valence-electron chi connectivity index (χ2n) is 7.64. The molecule has 8 heteroatoms. The number of nitrogens with two attached hydrogens (primary N) is 1. The van der Waals surface area contributed by atoms with E-state index < -0.39 is 17.5 Å². The first-order chi connectivity index (χ1) is 14.2. The Morgan fingerprint density at radius 2 is 2.00 bits per heavy atom. The topological polar surface area (TPSA) is 120 Å². The Labute approximate surface area is 175 Å². The maximum atomic E-state index is 12.5. The van der Waals surface area contributed by atoms with Crippen molar-refractivity contribution in [3.8, 4) is 17.2 Å². The van der Waals surface area contributed by atoms with Gasteiger partial charge in [0.2, 0.25) is 0 Å². The van der Waals surface area contributed by atoms with Crippen molar-refractivity contribution >= 4 is 11.7 Å². The molecule has 8 nitrogen and oxygen atoms in total. The van der Waals surface area contributed by atoms with Crippen molar-refractivity contribution in [2.45, 2.75) is 31.7 Å². The molecule has 0 fully saturated rings. The molecule has 0 saturated heterocycles. The summed E-state index contributed by atoms with van der Waals surface area (Å²) in [5.74, 6) is 6.03. The van der Waals surface area contributed by atoms with Crippen LogP contribution in [0.5, 0.6) is 17.2 Å². The summed E-state index contributed by atoms with van der Waals surface area (Å²) in [6, 6.07) is 8.85. The third-order valence-corrected chi connectivity index (χ3v) is 5.35. The molecule has 0 spiro atoms. The van der Waals surface area contributed by atoms with Crippen LogP contribution in [0.1, 0.15) is 43.0 Å². The molecule has 0 saturated carbocycles. The average Bonchev–Trinajstić information content (AvgIpc) is 3.18. The number of aromatic hydroxyl groups is 2. The second-order valence-corrected chi connectivity index (χ2v) is 7.64. The second kappa shape index (κ2) is 8.08. The van der Waals surface area contributed by atoms with Gasteiger partial charge in [-0.25, -0.2) is 15.6 Å². The summed E-state index contributed by atoms with van der Waals surface area (Å²) in [6.45, 7) is 7.72. The number of urea groups is 1. The number of hydrogen-bond donors (Lipinski definition) is 4. The van der Waals surface area contributed by atoms with Gasteiger partial charge in [0.15, 0.2) is 0 Å². The lowest BCUT2D eigenvalue weighted by molar-refractivity contribution is 0.185. The first-order valence-electron chi connectivity index (χ1n) is 9.43. The number of nitrogens with zero attached hydrogens (tertiary/aromatic N) is 2. The lowest BCUT2D eigenvalue weighted by Gasteiger charge is -2.27. The summed E-state index contributed by atoms with van der Waals surface area (Å²) in [5, 5.41) is 25.8. The third-order valence-electron chi connectivity index (χ3n) is 5.35. The molecule has 1 unspecified atom stereocenters. The Kier molecular flexibility index (Phi) is 5.71. The quantitative estimate of drug-likeness (QED) is 0.261. The van der Waals surface area contributed by atoms with Crippen molar-refractivity contribution in [1.29, 1.82) is 0 Å². The fourth-order valence-corrected chi connectivity index (χ4v) is 3.48. The van der Waals surface area contributed by atoms with Crippen LogP contribution < -0.4 is 16.0 Å². The van der Waals surface area contributed by atoms with E-state index in [2.05, 4.69) is 17.1 Å². The molecular formula is C22H26N4O4. The molecule has 5 N–H and O–H groups in total. The molecule has 2 aromatic carbocycles. The minimum absolute atomic E-state index is 0.0769. The number of rotatable bonds is 5. The zero-order valence-corrected chi connectivity index (χ0v) is 17.2. The van der Waals surface area contributed by atoms with E-state index in [1.807, 2.05) is 19.9 Å². The molecule has 30 heavy (non-hydrogen) atoms. The van der Waals surface area contributed by atoms with Crippen LogP contribution in [-0.2, 0) is 5.41 Å². The van der Waals surface area contributed by atoms with E-state index in [0.717, 1.165) is 5.56 Å². The number of carbonyl (C=O) groups excluding carboxylic acids is 1. The first kappa shape index (κ1) is 21.2. The van der Waals surface area contributed by atoms with Crippen LogP contribution in [0, 0.1) is 0 Å². The predicted molar refractivity (Wildman–Crippen MR) is 114 cm³/mol. The van der Waals surface area contributed by atoms with E-state index >= 15 is 0 Å². The highest BCUT2D eigenvalue weighted by Gasteiger charge is 2.36. The lowest BCUT2D eigenvalue weighted by Crippen LogP contribution is -2.41. The molecule has 1 heterocycles.